The van der Waals surface area contributed by atoms with E-state index in [1.54, 1.807) is 42.5 Å². The molecule has 0 aliphatic rings. The van der Waals surface area contributed by atoms with E-state index in [9.17, 15) is 8.42 Å². The van der Waals surface area contributed by atoms with Crippen molar-refractivity contribution in [1.29, 1.82) is 0 Å². The zero-order valence-corrected chi connectivity index (χ0v) is 18.4. The minimum Gasteiger partial charge on any atom is -0.481 e. The van der Waals surface area contributed by atoms with Gasteiger partial charge in [0, 0.05) is 11.3 Å². The maximum Gasteiger partial charge on any atom is 0.261 e. The highest BCUT2D eigenvalue weighted by molar-refractivity contribution is 7.92. The number of nitrogens with one attached hydrogen (secondary N) is 1. The molecule has 0 saturated carbocycles. The van der Waals surface area contributed by atoms with Crippen molar-refractivity contribution in [3.05, 3.63) is 60.2 Å². The average Bonchev–Trinajstić information content (AvgIpc) is 2.72. The minimum atomic E-state index is -3.74. The summed E-state index contributed by atoms with van der Waals surface area (Å²) in [6, 6.07) is 15.3. The van der Waals surface area contributed by atoms with Crippen LogP contribution in [-0.2, 0) is 15.4 Å². The number of sulfonamides is 1. The van der Waals surface area contributed by atoms with Crippen molar-refractivity contribution in [1.82, 2.24) is 9.97 Å². The van der Waals surface area contributed by atoms with Gasteiger partial charge in [0.15, 0.2) is 5.82 Å². The molecule has 0 saturated heterocycles. The van der Waals surface area contributed by atoms with E-state index >= 15 is 0 Å². The molecule has 1 heterocycles. The summed E-state index contributed by atoms with van der Waals surface area (Å²) in [6.45, 7) is 6.24. The SMILES string of the molecule is COc1cc(OC)nc(-c2cccc(NS(=O)(=O)c3ccc(C(C)(C)C)cc3)c2)n1. The summed E-state index contributed by atoms with van der Waals surface area (Å²) in [5, 5.41) is 0. The number of ether oxygens (including phenoxy) is 2. The van der Waals surface area contributed by atoms with Crippen molar-refractivity contribution in [3.8, 4) is 23.1 Å². The van der Waals surface area contributed by atoms with Crippen LogP contribution >= 0.6 is 0 Å². The second-order valence-corrected chi connectivity index (χ2v) is 9.42. The van der Waals surface area contributed by atoms with Crippen LogP contribution in [0.15, 0.2) is 59.5 Å². The normalized spacial score (nSPS) is 11.8. The van der Waals surface area contributed by atoms with E-state index in [1.165, 1.54) is 14.2 Å². The Morgan fingerprint density at radius 2 is 1.47 bits per heavy atom. The van der Waals surface area contributed by atoms with Gasteiger partial charge in [-0.3, -0.25) is 4.72 Å². The third-order valence-corrected chi connectivity index (χ3v) is 5.90. The number of methoxy groups -OCH3 is 2. The molecule has 8 heteroatoms. The highest BCUT2D eigenvalue weighted by Crippen LogP contribution is 2.27. The van der Waals surface area contributed by atoms with Gasteiger partial charge in [0.1, 0.15) is 0 Å². The fourth-order valence-corrected chi connectivity index (χ4v) is 3.86. The Kier molecular flexibility index (Phi) is 5.98. The van der Waals surface area contributed by atoms with Gasteiger partial charge in [-0.2, -0.15) is 9.97 Å². The molecule has 0 amide bonds. The van der Waals surface area contributed by atoms with Crippen LogP contribution in [0.1, 0.15) is 26.3 Å². The maximum absolute atomic E-state index is 12.8. The van der Waals surface area contributed by atoms with E-state index in [0.29, 0.717) is 28.8 Å². The Morgan fingerprint density at radius 3 is 2.00 bits per heavy atom. The molecular weight excluding hydrogens is 402 g/mol. The van der Waals surface area contributed by atoms with Crippen molar-refractivity contribution < 1.29 is 17.9 Å². The fourth-order valence-electron chi connectivity index (χ4n) is 2.81. The first kappa shape index (κ1) is 21.6. The molecule has 3 rings (SSSR count). The summed E-state index contributed by atoms with van der Waals surface area (Å²) in [6.07, 6.45) is 0. The summed E-state index contributed by atoms with van der Waals surface area (Å²) in [5.74, 6) is 1.06. The van der Waals surface area contributed by atoms with Crippen molar-refractivity contribution >= 4 is 15.7 Å². The largest absolute Gasteiger partial charge is 0.481 e. The molecule has 158 valence electrons. The molecule has 1 N–H and O–H groups in total. The summed E-state index contributed by atoms with van der Waals surface area (Å²) in [5.41, 5.74) is 2.03. The first-order chi connectivity index (χ1) is 14.1. The van der Waals surface area contributed by atoms with Gasteiger partial charge in [0.05, 0.1) is 25.2 Å². The monoisotopic (exact) mass is 427 g/mol. The second-order valence-electron chi connectivity index (χ2n) is 7.74. The van der Waals surface area contributed by atoms with Gasteiger partial charge >= 0.3 is 0 Å². The number of aromatic nitrogens is 2. The molecule has 0 aliphatic carbocycles. The Balaban J connectivity index is 1.90. The van der Waals surface area contributed by atoms with Crippen LogP contribution in [0.2, 0.25) is 0 Å². The topological polar surface area (TPSA) is 90.4 Å². The zero-order valence-electron chi connectivity index (χ0n) is 17.6. The molecule has 0 unspecified atom stereocenters. The van der Waals surface area contributed by atoms with Crippen LogP contribution in [0.3, 0.4) is 0 Å². The van der Waals surface area contributed by atoms with Gasteiger partial charge in [0.2, 0.25) is 11.8 Å². The molecule has 3 aromatic rings. The number of anilines is 1. The van der Waals surface area contributed by atoms with Gasteiger partial charge in [-0.1, -0.05) is 45.0 Å². The van der Waals surface area contributed by atoms with Gasteiger partial charge < -0.3 is 9.47 Å². The van der Waals surface area contributed by atoms with E-state index in [1.807, 2.05) is 12.1 Å². The number of rotatable bonds is 6. The molecule has 7 nitrogen and oxygen atoms in total. The standard InChI is InChI=1S/C22H25N3O4S/c1-22(2,3)16-9-11-18(12-10-16)30(26,27)25-17-8-6-7-15(13-17)21-23-19(28-4)14-20(24-21)29-5/h6-14,25H,1-5H3. The molecule has 0 aliphatic heterocycles. The molecule has 1 aromatic heterocycles. The summed E-state index contributed by atoms with van der Waals surface area (Å²) in [7, 11) is -0.738. The van der Waals surface area contributed by atoms with Crippen LogP contribution in [0.25, 0.3) is 11.4 Å². The van der Waals surface area contributed by atoms with E-state index in [2.05, 4.69) is 35.5 Å². The van der Waals surface area contributed by atoms with Crippen LogP contribution in [0, 0.1) is 0 Å². The third kappa shape index (κ3) is 4.88. The maximum atomic E-state index is 12.8. The van der Waals surface area contributed by atoms with Crippen molar-refractivity contribution in [2.75, 3.05) is 18.9 Å². The molecule has 0 atom stereocenters. The molecule has 0 spiro atoms. The first-order valence-electron chi connectivity index (χ1n) is 9.33. The van der Waals surface area contributed by atoms with E-state index in [4.69, 9.17) is 9.47 Å². The Bertz CT molecular complexity index is 1120. The van der Waals surface area contributed by atoms with E-state index < -0.39 is 10.0 Å². The lowest BCUT2D eigenvalue weighted by Crippen LogP contribution is -2.15. The Hall–Kier alpha value is -3.13. The van der Waals surface area contributed by atoms with Crippen molar-refractivity contribution in [2.24, 2.45) is 0 Å². The van der Waals surface area contributed by atoms with E-state index in [0.717, 1.165) is 5.56 Å². The molecule has 0 fully saturated rings. The van der Waals surface area contributed by atoms with Crippen LogP contribution in [0.4, 0.5) is 5.69 Å². The predicted molar refractivity (Wildman–Crippen MR) is 117 cm³/mol. The number of nitrogens with zero attached hydrogens (tertiary/aromatic N) is 2. The fraction of sp³-hybridized carbons (Fsp3) is 0.273. The van der Waals surface area contributed by atoms with Crippen LogP contribution in [-0.4, -0.2) is 32.6 Å². The average molecular weight is 428 g/mol. The van der Waals surface area contributed by atoms with E-state index in [-0.39, 0.29) is 10.3 Å². The van der Waals surface area contributed by atoms with Gasteiger partial charge in [-0.05, 0) is 35.2 Å². The van der Waals surface area contributed by atoms with Crippen LogP contribution < -0.4 is 14.2 Å². The summed E-state index contributed by atoms with van der Waals surface area (Å²) >= 11 is 0. The molecule has 30 heavy (non-hydrogen) atoms. The van der Waals surface area contributed by atoms with Crippen LogP contribution in [0.5, 0.6) is 11.8 Å². The lowest BCUT2D eigenvalue weighted by molar-refractivity contribution is 0.372. The van der Waals surface area contributed by atoms with Gasteiger partial charge in [0.25, 0.3) is 10.0 Å². The van der Waals surface area contributed by atoms with Crippen molar-refractivity contribution in [3.63, 3.8) is 0 Å². The number of hydrogen-bond donors (Lipinski definition) is 1. The van der Waals surface area contributed by atoms with Crippen molar-refractivity contribution in [2.45, 2.75) is 31.1 Å². The van der Waals surface area contributed by atoms with Gasteiger partial charge in [-0.25, -0.2) is 8.42 Å². The number of hydrogen-bond acceptors (Lipinski definition) is 6. The molecular formula is C22H25N3O4S. The second kappa shape index (κ2) is 8.31. The quantitative estimate of drug-likeness (QED) is 0.632. The van der Waals surface area contributed by atoms with Gasteiger partial charge in [-0.15, -0.1) is 0 Å². The molecule has 0 bridgehead atoms. The minimum absolute atomic E-state index is 0.0537. The Labute approximate surface area is 177 Å². The highest BCUT2D eigenvalue weighted by atomic mass is 32.2. The summed E-state index contributed by atoms with van der Waals surface area (Å²) in [4.78, 5) is 8.81. The zero-order chi connectivity index (χ0) is 21.9. The summed E-state index contributed by atoms with van der Waals surface area (Å²) < 4.78 is 38.6. The Morgan fingerprint density at radius 1 is 0.867 bits per heavy atom. The molecule has 2 aromatic carbocycles. The smallest absolute Gasteiger partial charge is 0.261 e. The first-order valence-corrected chi connectivity index (χ1v) is 10.8. The third-order valence-electron chi connectivity index (χ3n) is 4.50. The lowest BCUT2D eigenvalue weighted by atomic mass is 9.87. The molecule has 0 radical (unpaired) electrons. The predicted octanol–water partition coefficient (Wildman–Crippen LogP) is 4.26. The highest BCUT2D eigenvalue weighted by Gasteiger charge is 2.18. The lowest BCUT2D eigenvalue weighted by Gasteiger charge is -2.19. The number of benzene rings is 2.